The predicted molar refractivity (Wildman–Crippen MR) is 147 cm³/mol. The molecule has 1 amide bonds. The molecular formula is C27H31FN4O5S2. The monoisotopic (exact) mass is 574 g/mol. The third-order valence-corrected chi connectivity index (χ3v) is 9.67. The number of nitrogens with zero attached hydrogens (tertiary/aromatic N) is 4. The van der Waals surface area contributed by atoms with E-state index in [-0.39, 0.29) is 41.9 Å². The van der Waals surface area contributed by atoms with E-state index in [0.29, 0.717) is 6.54 Å². The fourth-order valence-electron chi connectivity index (χ4n) is 4.47. The number of aryl methyl sites for hydroxylation is 1. The summed E-state index contributed by atoms with van der Waals surface area (Å²) in [6.07, 6.45) is 2.08. The van der Waals surface area contributed by atoms with Gasteiger partial charge in [0.25, 0.3) is 5.69 Å². The van der Waals surface area contributed by atoms with Crippen LogP contribution in [0.2, 0.25) is 0 Å². The molecule has 0 saturated carbocycles. The highest BCUT2D eigenvalue weighted by Crippen LogP contribution is 2.23. The molecule has 0 aliphatic carbocycles. The number of halogens is 1. The van der Waals surface area contributed by atoms with Crippen LogP contribution in [0.1, 0.15) is 28.8 Å². The fraction of sp³-hybridized carbons (Fsp3) is 0.370. The minimum absolute atomic E-state index is 0.105. The zero-order valence-electron chi connectivity index (χ0n) is 21.7. The molecule has 3 aromatic rings. The molecular weight excluding hydrogens is 543 g/mol. The summed E-state index contributed by atoms with van der Waals surface area (Å²) in [4.78, 5) is 28.8. The quantitative estimate of drug-likeness (QED) is 0.234. The third kappa shape index (κ3) is 7.47. The van der Waals surface area contributed by atoms with Gasteiger partial charge in [-0.25, -0.2) is 12.8 Å². The van der Waals surface area contributed by atoms with Gasteiger partial charge in [-0.05, 0) is 79.7 Å². The molecule has 1 aliphatic heterocycles. The number of rotatable bonds is 12. The molecule has 4 rings (SSSR count). The van der Waals surface area contributed by atoms with Crippen LogP contribution in [-0.4, -0.2) is 66.1 Å². The van der Waals surface area contributed by atoms with Gasteiger partial charge in [0.15, 0.2) is 0 Å². The average molecular weight is 575 g/mol. The highest BCUT2D eigenvalue weighted by Gasteiger charge is 2.30. The Labute approximate surface area is 231 Å². The predicted octanol–water partition coefficient (Wildman–Crippen LogP) is 4.42. The Kier molecular flexibility index (Phi) is 9.44. The topological polar surface area (TPSA) is 104 Å². The SMILES string of the molecule is Cc1ccsc1CN(Cc1ccc(F)cc1)C(=O)CN(CCN1CCCC1)S(=O)(=O)c1ccc([N+](=O)[O-])cc1. The second-order valence-electron chi connectivity index (χ2n) is 9.54. The molecule has 208 valence electrons. The summed E-state index contributed by atoms with van der Waals surface area (Å²) >= 11 is 1.51. The second kappa shape index (κ2) is 12.8. The van der Waals surface area contributed by atoms with Crippen molar-refractivity contribution in [2.45, 2.75) is 37.8 Å². The number of sulfonamides is 1. The molecule has 9 nitrogen and oxygen atoms in total. The van der Waals surface area contributed by atoms with Crippen LogP contribution in [-0.2, 0) is 27.9 Å². The Morgan fingerprint density at radius 1 is 1.05 bits per heavy atom. The standard InChI is InChI=1S/C27H31FN4O5S2/c1-21-12-17-38-26(21)19-30(18-22-4-6-23(28)7-5-22)27(33)20-31(16-15-29-13-2-3-14-29)39(36,37)25-10-8-24(9-11-25)32(34)35/h4-12,17H,2-3,13-16,18-20H2,1H3. The number of hydrogen-bond donors (Lipinski definition) is 0. The van der Waals surface area contributed by atoms with E-state index < -0.39 is 21.5 Å². The maximum Gasteiger partial charge on any atom is 0.269 e. The molecule has 1 aliphatic rings. The molecule has 12 heteroatoms. The van der Waals surface area contributed by atoms with Gasteiger partial charge in [-0.2, -0.15) is 4.31 Å². The second-order valence-corrected chi connectivity index (χ2v) is 12.5. The Morgan fingerprint density at radius 3 is 2.31 bits per heavy atom. The molecule has 2 aromatic carbocycles. The van der Waals surface area contributed by atoms with Crippen molar-refractivity contribution in [2.75, 3.05) is 32.7 Å². The zero-order valence-corrected chi connectivity index (χ0v) is 23.3. The van der Waals surface area contributed by atoms with Crippen molar-refractivity contribution >= 4 is 33.0 Å². The van der Waals surface area contributed by atoms with Gasteiger partial charge in [0.1, 0.15) is 5.82 Å². The molecule has 2 heterocycles. The van der Waals surface area contributed by atoms with Crippen molar-refractivity contribution in [1.29, 1.82) is 0 Å². The molecule has 0 N–H and O–H groups in total. The van der Waals surface area contributed by atoms with E-state index in [1.165, 1.54) is 35.6 Å². The van der Waals surface area contributed by atoms with Crippen molar-refractivity contribution in [3.63, 3.8) is 0 Å². The Morgan fingerprint density at radius 2 is 1.72 bits per heavy atom. The molecule has 0 atom stereocenters. The van der Waals surface area contributed by atoms with Crippen LogP contribution < -0.4 is 0 Å². The van der Waals surface area contributed by atoms with Gasteiger partial charge in [-0.15, -0.1) is 11.3 Å². The van der Waals surface area contributed by atoms with Crippen LogP contribution in [0.4, 0.5) is 10.1 Å². The van der Waals surface area contributed by atoms with Gasteiger partial charge in [0, 0.05) is 36.6 Å². The first-order chi connectivity index (χ1) is 18.6. The lowest BCUT2D eigenvalue weighted by molar-refractivity contribution is -0.384. The normalized spacial score (nSPS) is 14.1. The van der Waals surface area contributed by atoms with Gasteiger partial charge in [-0.3, -0.25) is 14.9 Å². The van der Waals surface area contributed by atoms with E-state index in [9.17, 15) is 27.7 Å². The van der Waals surface area contributed by atoms with Crippen molar-refractivity contribution in [1.82, 2.24) is 14.1 Å². The molecule has 1 fully saturated rings. The van der Waals surface area contributed by atoms with Crippen LogP contribution in [0.15, 0.2) is 64.9 Å². The highest BCUT2D eigenvalue weighted by molar-refractivity contribution is 7.89. The van der Waals surface area contributed by atoms with Crippen LogP contribution >= 0.6 is 11.3 Å². The largest absolute Gasteiger partial charge is 0.332 e. The summed E-state index contributed by atoms with van der Waals surface area (Å²) in [7, 11) is -4.12. The van der Waals surface area contributed by atoms with Crippen molar-refractivity contribution in [2.24, 2.45) is 0 Å². The first kappa shape index (κ1) is 28.8. The molecule has 0 unspecified atom stereocenters. The fourth-order valence-corrected chi connectivity index (χ4v) is 6.77. The van der Waals surface area contributed by atoms with Crippen molar-refractivity contribution in [3.8, 4) is 0 Å². The number of amides is 1. The Bertz CT molecular complexity index is 1390. The van der Waals surface area contributed by atoms with Gasteiger partial charge in [0.2, 0.25) is 15.9 Å². The number of carbonyl (C=O) groups excluding carboxylic acids is 1. The number of nitro groups is 1. The number of likely N-dealkylation sites (tertiary alicyclic amines) is 1. The maximum absolute atomic E-state index is 13.7. The molecule has 0 bridgehead atoms. The summed E-state index contributed by atoms with van der Waals surface area (Å²) in [5.41, 5.74) is 1.53. The summed E-state index contributed by atoms with van der Waals surface area (Å²) in [5.74, 6) is -0.771. The van der Waals surface area contributed by atoms with E-state index >= 15 is 0 Å². The summed E-state index contributed by atoms with van der Waals surface area (Å²) in [6, 6.07) is 12.5. The number of carbonyl (C=O) groups is 1. The minimum atomic E-state index is -4.12. The average Bonchev–Trinajstić information content (AvgIpc) is 3.59. The Balaban J connectivity index is 1.60. The van der Waals surface area contributed by atoms with Crippen molar-refractivity contribution in [3.05, 3.63) is 91.9 Å². The zero-order chi connectivity index (χ0) is 28.0. The lowest BCUT2D eigenvalue weighted by Crippen LogP contribution is -2.45. The van der Waals surface area contributed by atoms with Gasteiger partial charge in [0.05, 0.1) is 22.9 Å². The lowest BCUT2D eigenvalue weighted by Gasteiger charge is -2.28. The summed E-state index contributed by atoms with van der Waals surface area (Å²) < 4.78 is 42.0. The van der Waals surface area contributed by atoms with E-state index in [1.54, 1.807) is 17.0 Å². The number of nitro benzene ring substituents is 1. The first-order valence-electron chi connectivity index (χ1n) is 12.7. The van der Waals surface area contributed by atoms with Gasteiger partial charge >= 0.3 is 0 Å². The Hall–Kier alpha value is -3.19. The number of thiophene rings is 1. The first-order valence-corrected chi connectivity index (χ1v) is 15.0. The molecule has 0 spiro atoms. The molecule has 39 heavy (non-hydrogen) atoms. The smallest absolute Gasteiger partial charge is 0.269 e. The van der Waals surface area contributed by atoms with Gasteiger partial charge in [-0.1, -0.05) is 12.1 Å². The molecule has 0 radical (unpaired) electrons. The van der Waals surface area contributed by atoms with Gasteiger partial charge < -0.3 is 9.80 Å². The number of non-ortho nitro benzene ring substituents is 1. The molecule has 1 aromatic heterocycles. The number of benzene rings is 2. The van der Waals surface area contributed by atoms with Crippen molar-refractivity contribution < 1.29 is 22.5 Å². The van der Waals surface area contributed by atoms with E-state index in [4.69, 9.17) is 0 Å². The summed E-state index contributed by atoms with van der Waals surface area (Å²) in [5, 5.41) is 13.0. The van der Waals surface area contributed by atoms with E-state index in [2.05, 4.69) is 4.90 Å². The summed E-state index contributed by atoms with van der Waals surface area (Å²) in [6.45, 7) is 4.36. The van der Waals surface area contributed by atoms with Crippen LogP contribution in [0.3, 0.4) is 0 Å². The molecule has 1 saturated heterocycles. The third-order valence-electron chi connectivity index (χ3n) is 6.80. The van der Waals surface area contributed by atoms with Crippen LogP contribution in [0.25, 0.3) is 0 Å². The van der Waals surface area contributed by atoms with Crippen LogP contribution in [0, 0.1) is 22.9 Å². The lowest BCUT2D eigenvalue weighted by atomic mass is 10.2. The van der Waals surface area contributed by atoms with E-state index in [1.807, 2.05) is 18.4 Å². The van der Waals surface area contributed by atoms with Crippen LogP contribution in [0.5, 0.6) is 0 Å². The highest BCUT2D eigenvalue weighted by atomic mass is 32.2. The number of hydrogen-bond acceptors (Lipinski definition) is 7. The van der Waals surface area contributed by atoms with E-state index in [0.717, 1.165) is 58.4 Å². The maximum atomic E-state index is 13.7. The minimum Gasteiger partial charge on any atom is -0.332 e.